The fourth-order valence-corrected chi connectivity index (χ4v) is 1.43. The summed E-state index contributed by atoms with van der Waals surface area (Å²) in [5.74, 6) is 0.407. The molecule has 0 saturated carbocycles. The summed E-state index contributed by atoms with van der Waals surface area (Å²) >= 11 is 0. The number of hydrogen-bond donors (Lipinski definition) is 1. The van der Waals surface area contributed by atoms with Crippen LogP contribution in [0.2, 0.25) is 0 Å². The first-order chi connectivity index (χ1) is 5.86. The van der Waals surface area contributed by atoms with E-state index in [1.807, 2.05) is 18.2 Å². The Hall–Kier alpha value is -1.38. The van der Waals surface area contributed by atoms with Crippen molar-refractivity contribution in [3.63, 3.8) is 0 Å². The van der Waals surface area contributed by atoms with E-state index in [1.165, 1.54) is 0 Å². The van der Waals surface area contributed by atoms with Crippen LogP contribution in [0.5, 0.6) is 0 Å². The van der Waals surface area contributed by atoms with Gasteiger partial charge in [0, 0.05) is 30.8 Å². The molecule has 1 aliphatic rings. The molecule has 0 spiro atoms. The molecule has 0 radical (unpaired) electrons. The Bertz CT molecular complexity index is 284. The van der Waals surface area contributed by atoms with Crippen molar-refractivity contribution in [3.8, 4) is 0 Å². The predicted molar refractivity (Wildman–Crippen MR) is 44.6 cm³/mol. The molecule has 62 valence electrons. The van der Waals surface area contributed by atoms with Gasteiger partial charge in [-0.25, -0.2) is 0 Å². The van der Waals surface area contributed by atoms with Gasteiger partial charge in [-0.1, -0.05) is 6.07 Å². The molecule has 0 aromatic carbocycles. The predicted octanol–water partition coefficient (Wildman–Crippen LogP) is 0.685. The molecule has 1 aromatic rings. The SMILES string of the molecule is O=C1C[C@@H](c2ccccn2)CN1. The molecule has 0 aliphatic carbocycles. The van der Waals surface area contributed by atoms with Gasteiger partial charge in [0.1, 0.15) is 0 Å². The van der Waals surface area contributed by atoms with E-state index in [0.717, 1.165) is 12.2 Å². The summed E-state index contributed by atoms with van der Waals surface area (Å²) in [5.41, 5.74) is 1.01. The third kappa shape index (κ3) is 1.30. The van der Waals surface area contributed by atoms with Crippen molar-refractivity contribution in [3.05, 3.63) is 30.1 Å². The highest BCUT2D eigenvalue weighted by Gasteiger charge is 2.23. The molecule has 1 atom stereocenters. The Morgan fingerprint density at radius 3 is 3.00 bits per heavy atom. The number of rotatable bonds is 1. The topological polar surface area (TPSA) is 42.0 Å². The number of nitrogens with zero attached hydrogens (tertiary/aromatic N) is 1. The van der Waals surface area contributed by atoms with Crippen molar-refractivity contribution in [2.75, 3.05) is 6.54 Å². The molecule has 0 unspecified atom stereocenters. The van der Waals surface area contributed by atoms with Crippen LogP contribution < -0.4 is 5.32 Å². The number of hydrogen-bond acceptors (Lipinski definition) is 2. The van der Waals surface area contributed by atoms with Crippen molar-refractivity contribution < 1.29 is 4.79 Å². The van der Waals surface area contributed by atoms with Gasteiger partial charge in [-0.05, 0) is 12.1 Å². The fourth-order valence-electron chi connectivity index (χ4n) is 1.43. The lowest BCUT2D eigenvalue weighted by atomic mass is 10.0. The first kappa shape index (κ1) is 7.28. The zero-order chi connectivity index (χ0) is 8.39. The van der Waals surface area contributed by atoms with Crippen molar-refractivity contribution in [2.24, 2.45) is 0 Å². The number of carbonyl (C=O) groups excluding carboxylic acids is 1. The number of pyridine rings is 1. The van der Waals surface area contributed by atoms with Gasteiger partial charge in [0.25, 0.3) is 0 Å². The maximum atomic E-state index is 10.9. The summed E-state index contributed by atoms with van der Waals surface area (Å²) in [7, 11) is 0. The average molecular weight is 162 g/mol. The highest BCUT2D eigenvalue weighted by Crippen LogP contribution is 2.19. The van der Waals surface area contributed by atoms with E-state index in [-0.39, 0.29) is 11.8 Å². The molecule has 2 heterocycles. The molecule has 0 bridgehead atoms. The van der Waals surface area contributed by atoms with Crippen LogP contribution in [-0.4, -0.2) is 17.4 Å². The third-order valence-corrected chi connectivity index (χ3v) is 2.08. The second-order valence-electron chi connectivity index (χ2n) is 2.96. The van der Waals surface area contributed by atoms with Crippen LogP contribution in [0.25, 0.3) is 0 Å². The summed E-state index contributed by atoms with van der Waals surface area (Å²) in [6.07, 6.45) is 2.34. The third-order valence-electron chi connectivity index (χ3n) is 2.08. The summed E-state index contributed by atoms with van der Waals surface area (Å²) in [4.78, 5) is 15.1. The Kier molecular flexibility index (Phi) is 1.78. The van der Waals surface area contributed by atoms with Gasteiger partial charge in [-0.2, -0.15) is 0 Å². The van der Waals surface area contributed by atoms with Crippen molar-refractivity contribution in [1.82, 2.24) is 10.3 Å². The lowest BCUT2D eigenvalue weighted by Crippen LogP contribution is -2.13. The van der Waals surface area contributed by atoms with E-state index in [9.17, 15) is 4.79 Å². The molecule has 2 rings (SSSR count). The number of amides is 1. The lowest BCUT2D eigenvalue weighted by Gasteiger charge is -2.04. The fraction of sp³-hybridized carbons (Fsp3) is 0.333. The molecular weight excluding hydrogens is 152 g/mol. The maximum Gasteiger partial charge on any atom is 0.220 e. The summed E-state index contributed by atoms with van der Waals surface area (Å²) in [6.45, 7) is 0.732. The van der Waals surface area contributed by atoms with Crippen molar-refractivity contribution in [2.45, 2.75) is 12.3 Å². The minimum atomic E-state index is 0.130. The zero-order valence-electron chi connectivity index (χ0n) is 6.66. The quantitative estimate of drug-likeness (QED) is 0.660. The lowest BCUT2D eigenvalue weighted by molar-refractivity contribution is -0.119. The normalized spacial score (nSPS) is 22.3. The number of aromatic nitrogens is 1. The van der Waals surface area contributed by atoms with Gasteiger partial charge in [0.2, 0.25) is 5.91 Å². The summed E-state index contributed by atoms with van der Waals surface area (Å²) < 4.78 is 0. The van der Waals surface area contributed by atoms with Gasteiger partial charge in [0.05, 0.1) is 0 Å². The van der Waals surface area contributed by atoms with Crippen LogP contribution in [0, 0.1) is 0 Å². The highest BCUT2D eigenvalue weighted by atomic mass is 16.1. The van der Waals surface area contributed by atoms with Crippen molar-refractivity contribution in [1.29, 1.82) is 0 Å². The van der Waals surface area contributed by atoms with E-state index in [4.69, 9.17) is 0 Å². The first-order valence-corrected chi connectivity index (χ1v) is 4.04. The Morgan fingerprint density at radius 1 is 1.50 bits per heavy atom. The Morgan fingerprint density at radius 2 is 2.42 bits per heavy atom. The highest BCUT2D eigenvalue weighted by molar-refractivity contribution is 5.79. The minimum absolute atomic E-state index is 0.130. The smallest absolute Gasteiger partial charge is 0.220 e. The molecular formula is C9H10N2O. The second kappa shape index (κ2) is 2.93. The molecule has 1 fully saturated rings. The van der Waals surface area contributed by atoms with Crippen LogP contribution in [-0.2, 0) is 4.79 Å². The standard InChI is InChI=1S/C9H10N2O/c12-9-5-7(6-11-9)8-3-1-2-4-10-8/h1-4,7H,5-6H2,(H,11,12)/t7-/m1/s1. The van der Waals surface area contributed by atoms with Gasteiger partial charge in [-0.3, -0.25) is 9.78 Å². The van der Waals surface area contributed by atoms with E-state index < -0.39 is 0 Å². The zero-order valence-corrected chi connectivity index (χ0v) is 6.66. The van der Waals surface area contributed by atoms with Crippen LogP contribution in [0.15, 0.2) is 24.4 Å². The molecule has 12 heavy (non-hydrogen) atoms. The number of carbonyl (C=O) groups is 1. The van der Waals surface area contributed by atoms with Gasteiger partial charge >= 0.3 is 0 Å². The van der Waals surface area contributed by atoms with Crippen LogP contribution >= 0.6 is 0 Å². The van der Waals surface area contributed by atoms with Crippen molar-refractivity contribution >= 4 is 5.91 Å². The Labute approximate surface area is 70.8 Å². The molecule has 1 amide bonds. The van der Waals surface area contributed by atoms with Crippen LogP contribution in [0.3, 0.4) is 0 Å². The minimum Gasteiger partial charge on any atom is -0.355 e. The van der Waals surface area contributed by atoms with E-state index >= 15 is 0 Å². The van der Waals surface area contributed by atoms with Gasteiger partial charge in [-0.15, -0.1) is 0 Å². The summed E-state index contributed by atoms with van der Waals surface area (Å²) in [6, 6.07) is 5.80. The second-order valence-corrected chi connectivity index (χ2v) is 2.96. The largest absolute Gasteiger partial charge is 0.355 e. The van der Waals surface area contributed by atoms with Gasteiger partial charge < -0.3 is 5.32 Å². The summed E-state index contributed by atoms with van der Waals surface area (Å²) in [5, 5.41) is 2.79. The van der Waals surface area contributed by atoms with E-state index in [2.05, 4.69) is 10.3 Å². The average Bonchev–Trinajstić information content (AvgIpc) is 2.54. The monoisotopic (exact) mass is 162 g/mol. The molecule has 1 N–H and O–H groups in total. The van der Waals surface area contributed by atoms with Gasteiger partial charge in [0.15, 0.2) is 0 Å². The van der Waals surface area contributed by atoms with E-state index in [0.29, 0.717) is 6.42 Å². The molecule has 3 heteroatoms. The molecule has 3 nitrogen and oxygen atoms in total. The number of nitrogens with one attached hydrogen (secondary N) is 1. The molecule has 1 aliphatic heterocycles. The first-order valence-electron chi connectivity index (χ1n) is 4.04. The van der Waals surface area contributed by atoms with Crippen LogP contribution in [0.4, 0.5) is 0 Å². The molecule has 1 saturated heterocycles. The van der Waals surface area contributed by atoms with E-state index in [1.54, 1.807) is 6.20 Å². The Balaban J connectivity index is 2.16. The maximum absolute atomic E-state index is 10.9. The van der Waals surface area contributed by atoms with Crippen LogP contribution in [0.1, 0.15) is 18.0 Å². The molecule has 1 aromatic heterocycles.